The molecule has 0 aliphatic rings. The number of nitrogens with zero attached hydrogens (tertiary/aromatic N) is 2. The minimum absolute atomic E-state index is 0.141. The minimum Gasteiger partial charge on any atom is -0.491 e. The first-order chi connectivity index (χ1) is 9.02. The van der Waals surface area contributed by atoms with E-state index in [-0.39, 0.29) is 12.1 Å². The van der Waals surface area contributed by atoms with Crippen molar-refractivity contribution in [3.05, 3.63) is 30.3 Å². The Kier molecular flexibility index (Phi) is 3.70. The fourth-order valence-electron chi connectivity index (χ4n) is 1.59. The van der Waals surface area contributed by atoms with Gasteiger partial charge in [-0.3, -0.25) is 0 Å². The molecule has 0 aliphatic carbocycles. The van der Waals surface area contributed by atoms with Gasteiger partial charge in [0, 0.05) is 11.8 Å². The second kappa shape index (κ2) is 5.43. The maximum Gasteiger partial charge on any atom is 0.223 e. The summed E-state index contributed by atoms with van der Waals surface area (Å²) < 4.78 is 5.56. The minimum atomic E-state index is 0.141. The Bertz CT molecular complexity index is 533. The molecule has 0 saturated carbocycles. The van der Waals surface area contributed by atoms with Crippen LogP contribution in [0.3, 0.4) is 0 Å². The summed E-state index contributed by atoms with van der Waals surface area (Å²) in [6.07, 6.45) is 0.153. The highest BCUT2D eigenvalue weighted by molar-refractivity contribution is 5.60. The molecule has 0 saturated heterocycles. The number of nitrogens with one attached hydrogen (secondary N) is 1. The molecule has 0 amide bonds. The number of hydrogen-bond acceptors (Lipinski definition) is 6. The van der Waals surface area contributed by atoms with E-state index >= 15 is 0 Å². The third-order valence-corrected chi connectivity index (χ3v) is 2.26. The van der Waals surface area contributed by atoms with Crippen molar-refractivity contribution < 1.29 is 4.74 Å². The summed E-state index contributed by atoms with van der Waals surface area (Å²) in [5, 5.41) is 3.10. The van der Waals surface area contributed by atoms with Crippen molar-refractivity contribution in [3.63, 3.8) is 0 Å². The van der Waals surface area contributed by atoms with Gasteiger partial charge in [0.15, 0.2) is 0 Å². The molecule has 2 aromatic rings. The third kappa shape index (κ3) is 3.74. The van der Waals surface area contributed by atoms with Crippen LogP contribution in [-0.2, 0) is 0 Å². The number of nitrogens with two attached hydrogens (primary N) is 2. The Labute approximate surface area is 111 Å². The van der Waals surface area contributed by atoms with Gasteiger partial charge in [-0.2, -0.15) is 9.97 Å². The largest absolute Gasteiger partial charge is 0.491 e. The van der Waals surface area contributed by atoms with Gasteiger partial charge in [-0.1, -0.05) is 0 Å². The first kappa shape index (κ1) is 12.9. The maximum absolute atomic E-state index is 5.60. The van der Waals surface area contributed by atoms with Crippen LogP contribution in [0.25, 0.3) is 0 Å². The van der Waals surface area contributed by atoms with Gasteiger partial charge in [-0.15, -0.1) is 0 Å². The smallest absolute Gasteiger partial charge is 0.223 e. The van der Waals surface area contributed by atoms with E-state index in [1.807, 2.05) is 38.1 Å². The zero-order valence-electron chi connectivity index (χ0n) is 10.9. The van der Waals surface area contributed by atoms with E-state index in [4.69, 9.17) is 16.2 Å². The van der Waals surface area contributed by atoms with Crippen LogP contribution in [0.2, 0.25) is 0 Å². The van der Waals surface area contributed by atoms with Crippen LogP contribution in [0.4, 0.5) is 23.3 Å². The lowest BCUT2D eigenvalue weighted by molar-refractivity contribution is 0.242. The molecule has 0 spiro atoms. The van der Waals surface area contributed by atoms with Gasteiger partial charge in [0.05, 0.1) is 6.10 Å². The second-order valence-corrected chi connectivity index (χ2v) is 4.35. The summed E-state index contributed by atoms with van der Waals surface area (Å²) in [7, 11) is 0. The van der Waals surface area contributed by atoms with Crippen molar-refractivity contribution in [1.82, 2.24) is 9.97 Å². The van der Waals surface area contributed by atoms with E-state index in [0.29, 0.717) is 11.6 Å². The van der Waals surface area contributed by atoms with Crippen LogP contribution >= 0.6 is 0 Å². The predicted molar refractivity (Wildman–Crippen MR) is 76.3 cm³/mol. The molecule has 1 aromatic heterocycles. The normalized spacial score (nSPS) is 10.5. The molecule has 6 heteroatoms. The van der Waals surface area contributed by atoms with Crippen molar-refractivity contribution in [1.29, 1.82) is 0 Å². The van der Waals surface area contributed by atoms with Gasteiger partial charge in [-0.05, 0) is 38.1 Å². The monoisotopic (exact) mass is 259 g/mol. The fraction of sp³-hybridized carbons (Fsp3) is 0.231. The number of aromatic nitrogens is 2. The van der Waals surface area contributed by atoms with Gasteiger partial charge in [0.25, 0.3) is 0 Å². The summed E-state index contributed by atoms with van der Waals surface area (Å²) in [5.41, 5.74) is 12.0. The topological polar surface area (TPSA) is 99.1 Å². The van der Waals surface area contributed by atoms with Crippen LogP contribution in [0.15, 0.2) is 30.3 Å². The summed E-state index contributed by atoms with van der Waals surface area (Å²) in [5.74, 6) is 1.85. The van der Waals surface area contributed by atoms with Gasteiger partial charge < -0.3 is 21.5 Å². The molecule has 6 nitrogen and oxygen atoms in total. The van der Waals surface area contributed by atoms with Crippen molar-refractivity contribution in [2.45, 2.75) is 20.0 Å². The first-order valence-corrected chi connectivity index (χ1v) is 5.97. The van der Waals surface area contributed by atoms with Crippen LogP contribution in [0, 0.1) is 0 Å². The standard InChI is InChI=1S/C13H17N5O/c1-8(2)19-10-5-3-9(4-6-10)16-12-7-11(14)17-13(15)18-12/h3-8H,1-2H3,(H5,14,15,16,17,18). The van der Waals surface area contributed by atoms with E-state index < -0.39 is 0 Å². The van der Waals surface area contributed by atoms with E-state index in [1.54, 1.807) is 6.07 Å². The number of ether oxygens (including phenoxy) is 1. The average molecular weight is 259 g/mol. The fourth-order valence-corrected chi connectivity index (χ4v) is 1.59. The average Bonchev–Trinajstić information content (AvgIpc) is 2.29. The Morgan fingerprint density at radius 1 is 1.11 bits per heavy atom. The molecule has 19 heavy (non-hydrogen) atoms. The molecule has 0 aliphatic heterocycles. The summed E-state index contributed by atoms with van der Waals surface area (Å²) in [4.78, 5) is 7.85. The highest BCUT2D eigenvalue weighted by Gasteiger charge is 2.02. The number of hydrogen-bond donors (Lipinski definition) is 3. The zero-order valence-corrected chi connectivity index (χ0v) is 10.9. The Morgan fingerprint density at radius 3 is 2.37 bits per heavy atom. The molecule has 100 valence electrons. The van der Waals surface area contributed by atoms with Gasteiger partial charge >= 0.3 is 0 Å². The molecule has 0 atom stereocenters. The molecule has 0 radical (unpaired) electrons. The zero-order chi connectivity index (χ0) is 13.8. The van der Waals surface area contributed by atoms with Crippen molar-refractivity contribution in [2.75, 3.05) is 16.8 Å². The third-order valence-electron chi connectivity index (χ3n) is 2.26. The highest BCUT2D eigenvalue weighted by Crippen LogP contribution is 2.20. The number of nitrogen functional groups attached to an aromatic ring is 2. The van der Waals surface area contributed by atoms with Gasteiger partial charge in [0.1, 0.15) is 17.4 Å². The Hall–Kier alpha value is -2.50. The molecule has 2 rings (SSSR count). The highest BCUT2D eigenvalue weighted by atomic mass is 16.5. The quantitative estimate of drug-likeness (QED) is 0.778. The number of benzene rings is 1. The van der Waals surface area contributed by atoms with E-state index in [1.165, 1.54) is 0 Å². The molecular formula is C13H17N5O. The lowest BCUT2D eigenvalue weighted by atomic mass is 10.3. The van der Waals surface area contributed by atoms with Crippen LogP contribution in [0.1, 0.15) is 13.8 Å². The molecule has 5 N–H and O–H groups in total. The maximum atomic E-state index is 5.60. The lowest BCUT2D eigenvalue weighted by Crippen LogP contribution is -2.05. The Morgan fingerprint density at radius 2 is 1.79 bits per heavy atom. The first-order valence-electron chi connectivity index (χ1n) is 5.97. The van der Waals surface area contributed by atoms with Crippen molar-refractivity contribution >= 4 is 23.3 Å². The van der Waals surface area contributed by atoms with E-state index in [0.717, 1.165) is 11.4 Å². The summed E-state index contributed by atoms with van der Waals surface area (Å²) >= 11 is 0. The molecule has 1 aromatic carbocycles. The van der Waals surface area contributed by atoms with Gasteiger partial charge in [0.2, 0.25) is 5.95 Å². The summed E-state index contributed by atoms with van der Waals surface area (Å²) in [6.45, 7) is 3.97. The second-order valence-electron chi connectivity index (χ2n) is 4.35. The van der Waals surface area contributed by atoms with Crippen LogP contribution in [-0.4, -0.2) is 16.1 Å². The van der Waals surface area contributed by atoms with Crippen molar-refractivity contribution in [2.24, 2.45) is 0 Å². The summed E-state index contributed by atoms with van der Waals surface area (Å²) in [6, 6.07) is 9.18. The van der Waals surface area contributed by atoms with Crippen molar-refractivity contribution in [3.8, 4) is 5.75 Å². The molecule has 0 fully saturated rings. The Balaban J connectivity index is 2.10. The molecule has 1 heterocycles. The molecule has 0 unspecified atom stereocenters. The van der Waals surface area contributed by atoms with E-state index in [2.05, 4.69) is 15.3 Å². The van der Waals surface area contributed by atoms with E-state index in [9.17, 15) is 0 Å². The number of anilines is 4. The lowest BCUT2D eigenvalue weighted by Gasteiger charge is -2.11. The van der Waals surface area contributed by atoms with Gasteiger partial charge in [-0.25, -0.2) is 0 Å². The van der Waals surface area contributed by atoms with Crippen LogP contribution < -0.4 is 21.5 Å². The SMILES string of the molecule is CC(C)Oc1ccc(Nc2cc(N)nc(N)n2)cc1. The number of rotatable bonds is 4. The predicted octanol–water partition coefficient (Wildman–Crippen LogP) is 2.17. The molecule has 0 bridgehead atoms. The van der Waals surface area contributed by atoms with Crippen LogP contribution in [0.5, 0.6) is 5.75 Å². The molecular weight excluding hydrogens is 242 g/mol.